The van der Waals surface area contributed by atoms with E-state index >= 15 is 0 Å². The lowest BCUT2D eigenvalue weighted by Crippen LogP contribution is -2.44. The Bertz CT molecular complexity index is 819. The van der Waals surface area contributed by atoms with Crippen molar-refractivity contribution >= 4 is 14.1 Å². The van der Waals surface area contributed by atoms with E-state index in [4.69, 9.17) is 4.43 Å². The van der Waals surface area contributed by atoms with Crippen LogP contribution < -0.4 is 4.43 Å². The Morgan fingerprint density at radius 3 is 2.52 bits per heavy atom. The second kappa shape index (κ2) is 6.97. The van der Waals surface area contributed by atoms with Gasteiger partial charge < -0.3 is 4.43 Å². The summed E-state index contributed by atoms with van der Waals surface area (Å²) >= 11 is 0. The molecule has 2 nitrogen and oxygen atoms in total. The quantitative estimate of drug-likeness (QED) is 0.497. The third-order valence-corrected chi connectivity index (χ3v) is 13.5. The second-order valence-electron chi connectivity index (χ2n) is 11.7. The minimum atomic E-state index is -1.85. The van der Waals surface area contributed by atoms with Crippen molar-refractivity contribution in [3.05, 3.63) is 28.8 Å². The maximum atomic E-state index is 12.6. The molecule has 0 aliphatic heterocycles. The Morgan fingerprint density at radius 1 is 1.14 bits per heavy atom. The maximum absolute atomic E-state index is 12.6. The minimum absolute atomic E-state index is 0.0301. The molecule has 0 spiro atoms. The van der Waals surface area contributed by atoms with Gasteiger partial charge in [0.25, 0.3) is 0 Å². The smallest absolute Gasteiger partial charge is 0.250 e. The molecule has 160 valence electrons. The molecule has 0 N–H and O–H groups in total. The summed E-state index contributed by atoms with van der Waals surface area (Å²) in [4.78, 5) is 12.6. The Morgan fingerprint density at radius 2 is 1.86 bits per heavy atom. The van der Waals surface area contributed by atoms with Gasteiger partial charge in [0, 0.05) is 11.8 Å². The number of ketones is 1. The number of rotatable bonds is 3. The van der Waals surface area contributed by atoms with Crippen molar-refractivity contribution in [3.63, 3.8) is 0 Å². The summed E-state index contributed by atoms with van der Waals surface area (Å²) in [5.74, 6) is 3.64. The molecule has 0 heterocycles. The van der Waals surface area contributed by atoms with Crippen LogP contribution in [0.5, 0.6) is 5.75 Å². The predicted octanol–water partition coefficient (Wildman–Crippen LogP) is 7.06. The van der Waals surface area contributed by atoms with E-state index in [2.05, 4.69) is 59.8 Å². The van der Waals surface area contributed by atoms with Gasteiger partial charge in [-0.25, -0.2) is 0 Å². The summed E-state index contributed by atoms with van der Waals surface area (Å²) in [6.07, 6.45) is 7.62. The molecule has 0 bridgehead atoms. The predicted molar refractivity (Wildman–Crippen MR) is 123 cm³/mol. The standard InChI is InChI=1S/C26H40O2Si/c1-8-17-15-21-18(16-23(17)28-29(6,7)25(2,3)4)9-10-20-19(21)13-14-26(5)22(20)11-12-24(26)27/h15-16,19-20,22H,8-14H2,1-7H3/t19?,20?,22?,26-/m0/s1. The van der Waals surface area contributed by atoms with Gasteiger partial charge in [-0.3, -0.25) is 4.79 Å². The van der Waals surface area contributed by atoms with Crippen LogP contribution in [0.1, 0.15) is 89.3 Å². The molecule has 3 unspecified atom stereocenters. The summed E-state index contributed by atoms with van der Waals surface area (Å²) in [5.41, 5.74) is 4.45. The van der Waals surface area contributed by atoms with E-state index in [0.717, 1.165) is 37.9 Å². The minimum Gasteiger partial charge on any atom is -0.543 e. The van der Waals surface area contributed by atoms with Crippen LogP contribution in [-0.4, -0.2) is 14.1 Å². The summed E-state index contributed by atoms with van der Waals surface area (Å²) in [6.45, 7) is 16.2. The number of carbonyl (C=O) groups excluding carboxylic acids is 1. The first-order valence-corrected chi connectivity index (χ1v) is 14.8. The van der Waals surface area contributed by atoms with Gasteiger partial charge in [0.2, 0.25) is 8.32 Å². The third-order valence-electron chi connectivity index (χ3n) is 9.17. The molecule has 0 aromatic heterocycles. The first-order chi connectivity index (χ1) is 13.5. The molecule has 4 atom stereocenters. The molecule has 0 radical (unpaired) electrons. The van der Waals surface area contributed by atoms with Crippen LogP contribution in [0.3, 0.4) is 0 Å². The molecule has 2 fully saturated rings. The van der Waals surface area contributed by atoms with Gasteiger partial charge in [-0.15, -0.1) is 0 Å². The van der Waals surface area contributed by atoms with Crippen molar-refractivity contribution in [2.24, 2.45) is 17.3 Å². The van der Waals surface area contributed by atoms with Gasteiger partial charge in [-0.1, -0.05) is 40.7 Å². The summed E-state index contributed by atoms with van der Waals surface area (Å²) < 4.78 is 6.78. The second-order valence-corrected chi connectivity index (χ2v) is 16.4. The number of carbonyl (C=O) groups is 1. The van der Waals surface area contributed by atoms with Gasteiger partial charge in [-0.2, -0.15) is 0 Å². The maximum Gasteiger partial charge on any atom is 0.250 e. The van der Waals surface area contributed by atoms with E-state index in [9.17, 15) is 4.79 Å². The van der Waals surface area contributed by atoms with E-state index < -0.39 is 8.32 Å². The summed E-state index contributed by atoms with van der Waals surface area (Å²) in [5, 5.41) is 0.210. The van der Waals surface area contributed by atoms with Crippen LogP contribution in [0.4, 0.5) is 0 Å². The molecule has 29 heavy (non-hydrogen) atoms. The number of hydrogen-bond acceptors (Lipinski definition) is 2. The number of benzene rings is 1. The van der Waals surface area contributed by atoms with E-state index in [1.807, 2.05) is 0 Å². The first kappa shape index (κ1) is 21.2. The molecule has 3 heteroatoms. The molecule has 0 amide bonds. The monoisotopic (exact) mass is 412 g/mol. The Labute approximate surface area is 178 Å². The van der Waals surface area contributed by atoms with E-state index in [-0.39, 0.29) is 10.5 Å². The molecule has 1 aromatic carbocycles. The average Bonchev–Trinajstić information content (AvgIpc) is 2.94. The van der Waals surface area contributed by atoms with Crippen LogP contribution in [-0.2, 0) is 17.6 Å². The van der Waals surface area contributed by atoms with Crippen molar-refractivity contribution in [3.8, 4) is 5.75 Å². The number of aryl methyl sites for hydroxylation is 2. The zero-order valence-corrected chi connectivity index (χ0v) is 20.7. The fraction of sp³-hybridized carbons (Fsp3) is 0.731. The van der Waals surface area contributed by atoms with Crippen molar-refractivity contribution < 1.29 is 9.22 Å². The van der Waals surface area contributed by atoms with Crippen LogP contribution in [0.25, 0.3) is 0 Å². The number of Topliss-reactive ketones (excluding diaryl/α,β-unsaturated/α-hetero) is 1. The highest BCUT2D eigenvalue weighted by Crippen LogP contribution is 2.59. The molecular formula is C26H40O2Si. The Hall–Kier alpha value is -1.09. The lowest BCUT2D eigenvalue weighted by atomic mass is 9.55. The highest BCUT2D eigenvalue weighted by molar-refractivity contribution is 6.74. The summed E-state index contributed by atoms with van der Waals surface area (Å²) in [7, 11) is -1.85. The van der Waals surface area contributed by atoms with Gasteiger partial charge in [0.1, 0.15) is 11.5 Å². The first-order valence-electron chi connectivity index (χ1n) is 11.9. The molecule has 0 saturated heterocycles. The summed E-state index contributed by atoms with van der Waals surface area (Å²) in [6, 6.07) is 4.90. The van der Waals surface area contributed by atoms with Gasteiger partial charge in [0.15, 0.2) is 0 Å². The zero-order chi connectivity index (χ0) is 21.2. The molecule has 3 aliphatic rings. The normalized spacial score (nSPS) is 31.8. The van der Waals surface area contributed by atoms with Crippen LogP contribution in [0.15, 0.2) is 12.1 Å². The van der Waals surface area contributed by atoms with Crippen molar-refractivity contribution in [1.29, 1.82) is 0 Å². The topological polar surface area (TPSA) is 26.3 Å². The third kappa shape index (κ3) is 3.32. The molecule has 3 aliphatic carbocycles. The highest BCUT2D eigenvalue weighted by Gasteiger charge is 2.54. The van der Waals surface area contributed by atoms with Crippen molar-refractivity contribution in [1.82, 2.24) is 0 Å². The van der Waals surface area contributed by atoms with Gasteiger partial charge >= 0.3 is 0 Å². The van der Waals surface area contributed by atoms with Crippen LogP contribution in [0, 0.1) is 17.3 Å². The Balaban J connectivity index is 1.67. The van der Waals surface area contributed by atoms with Crippen molar-refractivity contribution in [2.75, 3.05) is 0 Å². The van der Waals surface area contributed by atoms with E-state index in [1.54, 1.807) is 5.56 Å². The highest BCUT2D eigenvalue weighted by atomic mass is 28.4. The molecule has 4 rings (SSSR count). The van der Waals surface area contributed by atoms with E-state index in [1.165, 1.54) is 24.0 Å². The molecule has 1 aromatic rings. The SMILES string of the molecule is CCc1cc2c(cc1O[Si](C)(C)C(C)(C)C)CCC1C2CC[C@]2(C)C(=O)CCC12. The molecular weight excluding hydrogens is 372 g/mol. The van der Waals surface area contributed by atoms with Gasteiger partial charge in [-0.05, 0) is 97.2 Å². The fourth-order valence-electron chi connectivity index (χ4n) is 6.22. The largest absolute Gasteiger partial charge is 0.543 e. The lowest BCUT2D eigenvalue weighted by molar-refractivity contribution is -0.129. The lowest BCUT2D eigenvalue weighted by Gasteiger charge is -2.48. The fourth-order valence-corrected chi connectivity index (χ4v) is 7.26. The average molecular weight is 413 g/mol. The van der Waals surface area contributed by atoms with Crippen molar-refractivity contribution in [2.45, 2.75) is 104 Å². The number of hydrogen-bond donors (Lipinski definition) is 0. The zero-order valence-electron chi connectivity index (χ0n) is 19.7. The van der Waals surface area contributed by atoms with Gasteiger partial charge in [0.05, 0.1) is 0 Å². The van der Waals surface area contributed by atoms with Crippen LogP contribution in [0.2, 0.25) is 18.1 Å². The Kier molecular flexibility index (Phi) is 5.08. The molecule has 2 saturated carbocycles. The van der Waals surface area contributed by atoms with E-state index in [0.29, 0.717) is 23.5 Å². The number of fused-ring (bicyclic) bond motifs is 5. The van der Waals surface area contributed by atoms with Crippen LogP contribution >= 0.6 is 0 Å².